The largest absolute Gasteiger partial charge is 0.493 e. The molecule has 0 aromatic heterocycles. The van der Waals surface area contributed by atoms with E-state index < -0.39 is 0 Å². The van der Waals surface area contributed by atoms with E-state index in [1.165, 1.54) is 12.8 Å². The maximum absolute atomic E-state index is 12.4. The third-order valence-electron chi connectivity index (χ3n) is 5.42. The summed E-state index contributed by atoms with van der Waals surface area (Å²) < 4.78 is 10.4. The molecule has 160 valence electrons. The molecule has 2 aromatic carbocycles. The second kappa shape index (κ2) is 10.1. The monoisotopic (exact) mass is 412 g/mol. The highest BCUT2D eigenvalue weighted by atomic mass is 16.5. The number of benzene rings is 2. The summed E-state index contributed by atoms with van der Waals surface area (Å²) in [6.07, 6.45) is 0.249. The molecule has 2 N–H and O–H groups in total. The Morgan fingerprint density at radius 2 is 1.63 bits per heavy atom. The molecule has 1 heterocycles. The first-order valence-electron chi connectivity index (χ1n) is 10.2. The summed E-state index contributed by atoms with van der Waals surface area (Å²) in [5.41, 5.74) is 2.41. The van der Waals surface area contributed by atoms with E-state index in [0.29, 0.717) is 17.1 Å². The van der Waals surface area contributed by atoms with Crippen LogP contribution in [0.15, 0.2) is 42.5 Å². The number of likely N-dealkylation sites (N-methyl/N-ethyl adjacent to an activating group) is 1. The van der Waals surface area contributed by atoms with Crippen molar-refractivity contribution in [1.82, 2.24) is 0 Å². The average molecular weight is 413 g/mol. The van der Waals surface area contributed by atoms with Gasteiger partial charge in [-0.2, -0.15) is 0 Å². The highest BCUT2D eigenvalue weighted by molar-refractivity contribution is 6.00. The number of nitrogens with one attached hydrogen (secondary N) is 2. The van der Waals surface area contributed by atoms with Crippen LogP contribution in [0.5, 0.6) is 11.5 Å². The highest BCUT2D eigenvalue weighted by Gasteiger charge is 2.17. The van der Waals surface area contributed by atoms with Crippen molar-refractivity contribution < 1.29 is 24.0 Å². The highest BCUT2D eigenvalue weighted by Crippen LogP contribution is 2.28. The van der Waals surface area contributed by atoms with Crippen LogP contribution in [0, 0.1) is 0 Å². The predicted octanol–water partition coefficient (Wildman–Crippen LogP) is 1.64. The molecule has 1 aliphatic rings. The van der Waals surface area contributed by atoms with Gasteiger partial charge in [0.15, 0.2) is 17.3 Å². The normalized spacial score (nSPS) is 14.3. The summed E-state index contributed by atoms with van der Waals surface area (Å²) >= 11 is 0. The van der Waals surface area contributed by atoms with Crippen molar-refractivity contribution >= 4 is 23.1 Å². The predicted molar refractivity (Wildman–Crippen MR) is 117 cm³/mol. The number of carbonyl (C=O) groups excluding carboxylic acids is 2. The number of anilines is 2. The van der Waals surface area contributed by atoms with Gasteiger partial charge in [0.25, 0.3) is 0 Å². The first-order chi connectivity index (χ1) is 14.5. The molecule has 0 atom stereocenters. The van der Waals surface area contributed by atoms with Crippen molar-refractivity contribution in [2.24, 2.45) is 0 Å². The van der Waals surface area contributed by atoms with Gasteiger partial charge in [-0.3, -0.25) is 9.59 Å². The molecule has 0 spiro atoms. The number of rotatable bonds is 8. The van der Waals surface area contributed by atoms with Gasteiger partial charge in [0.2, 0.25) is 5.91 Å². The summed E-state index contributed by atoms with van der Waals surface area (Å²) in [6, 6.07) is 12.9. The maximum atomic E-state index is 12.4. The quantitative estimate of drug-likeness (QED) is 0.645. The Labute approximate surface area is 177 Å². The van der Waals surface area contributed by atoms with Crippen LogP contribution >= 0.6 is 0 Å². The summed E-state index contributed by atoms with van der Waals surface area (Å²) in [7, 11) is 5.28. The lowest BCUT2D eigenvalue weighted by Gasteiger charge is -2.31. The minimum atomic E-state index is -0.181. The number of ketones is 1. The van der Waals surface area contributed by atoms with E-state index in [-0.39, 0.29) is 24.5 Å². The fourth-order valence-electron chi connectivity index (χ4n) is 3.51. The lowest BCUT2D eigenvalue weighted by atomic mass is 10.1. The van der Waals surface area contributed by atoms with E-state index in [1.807, 2.05) is 24.3 Å². The third kappa shape index (κ3) is 5.51. The van der Waals surface area contributed by atoms with Crippen molar-refractivity contribution in [3.8, 4) is 11.5 Å². The van der Waals surface area contributed by atoms with Gasteiger partial charge >= 0.3 is 0 Å². The standard InChI is InChI=1S/C23H29N3O4/c1-25-12-14-26(15-13-25)19-7-5-18(6-8-19)24-23(28)11-9-20(27)17-4-10-21(29-2)22(16-17)30-3/h4-8,10,16H,9,11-15H2,1-3H3,(H,24,28)/p+1. The van der Waals surface area contributed by atoms with Crippen LogP contribution in [0.4, 0.5) is 11.4 Å². The van der Waals surface area contributed by atoms with Crippen molar-refractivity contribution in [2.45, 2.75) is 12.8 Å². The van der Waals surface area contributed by atoms with E-state index >= 15 is 0 Å². The molecule has 30 heavy (non-hydrogen) atoms. The van der Waals surface area contributed by atoms with Crippen molar-refractivity contribution in [3.05, 3.63) is 48.0 Å². The summed E-state index contributed by atoms with van der Waals surface area (Å²) in [5, 5.41) is 2.87. The van der Waals surface area contributed by atoms with Crippen LogP contribution in [-0.4, -0.2) is 59.1 Å². The minimum absolute atomic E-state index is 0.112. The topological polar surface area (TPSA) is 72.3 Å². The smallest absolute Gasteiger partial charge is 0.224 e. The Hall–Kier alpha value is -3.06. The van der Waals surface area contributed by atoms with E-state index in [2.05, 4.69) is 17.3 Å². The SMILES string of the molecule is COc1ccc(C(=O)CCC(=O)Nc2ccc(N3CC[NH+](C)CC3)cc2)cc1OC. The number of Topliss-reactive ketones (excluding diaryl/α,β-unsaturated/α-hetero) is 1. The molecule has 0 saturated carbocycles. The van der Waals surface area contributed by atoms with Crippen LogP contribution in [0.3, 0.4) is 0 Å². The Bertz CT molecular complexity index is 875. The average Bonchev–Trinajstić information content (AvgIpc) is 2.78. The fraction of sp³-hybridized carbons (Fsp3) is 0.391. The van der Waals surface area contributed by atoms with Crippen LogP contribution in [0.25, 0.3) is 0 Å². The van der Waals surface area contributed by atoms with Crippen LogP contribution in [0.1, 0.15) is 23.2 Å². The van der Waals surface area contributed by atoms with Crippen LogP contribution in [-0.2, 0) is 4.79 Å². The molecule has 1 amide bonds. The van der Waals surface area contributed by atoms with Gasteiger partial charge < -0.3 is 24.6 Å². The van der Waals surface area contributed by atoms with Gasteiger partial charge in [-0.15, -0.1) is 0 Å². The molecular weight excluding hydrogens is 382 g/mol. The lowest BCUT2D eigenvalue weighted by molar-refractivity contribution is -0.880. The van der Waals surface area contributed by atoms with Crippen LogP contribution < -0.4 is 24.6 Å². The zero-order chi connectivity index (χ0) is 21.5. The second-order valence-corrected chi connectivity index (χ2v) is 7.53. The van der Waals surface area contributed by atoms with Crippen molar-refractivity contribution in [3.63, 3.8) is 0 Å². The van der Waals surface area contributed by atoms with Gasteiger partial charge in [0.1, 0.15) is 0 Å². The number of piperazine rings is 1. The molecule has 2 aromatic rings. The maximum Gasteiger partial charge on any atom is 0.224 e. The number of quaternary nitrogens is 1. The van der Waals surface area contributed by atoms with E-state index in [0.717, 1.165) is 31.9 Å². The lowest BCUT2D eigenvalue weighted by Crippen LogP contribution is -3.12. The minimum Gasteiger partial charge on any atom is -0.493 e. The molecule has 7 nitrogen and oxygen atoms in total. The third-order valence-corrected chi connectivity index (χ3v) is 5.42. The molecule has 0 aliphatic carbocycles. The fourth-order valence-corrected chi connectivity index (χ4v) is 3.51. The molecule has 0 bridgehead atoms. The number of ether oxygens (including phenoxy) is 2. The zero-order valence-electron chi connectivity index (χ0n) is 17.9. The number of hydrogen-bond donors (Lipinski definition) is 2. The summed E-state index contributed by atoms with van der Waals surface area (Å²) in [6.45, 7) is 4.34. The summed E-state index contributed by atoms with van der Waals surface area (Å²) in [4.78, 5) is 28.6. The number of carbonyl (C=O) groups is 2. The number of amides is 1. The second-order valence-electron chi connectivity index (χ2n) is 7.53. The van der Waals surface area contributed by atoms with Gasteiger partial charge in [-0.1, -0.05) is 0 Å². The van der Waals surface area contributed by atoms with Crippen molar-refractivity contribution in [1.29, 1.82) is 0 Å². The summed E-state index contributed by atoms with van der Waals surface area (Å²) in [5.74, 6) is 0.765. The van der Waals surface area contributed by atoms with Crippen molar-refractivity contribution in [2.75, 3.05) is 57.7 Å². The molecule has 1 saturated heterocycles. The molecule has 0 radical (unpaired) electrons. The van der Waals surface area contributed by atoms with Gasteiger partial charge in [-0.25, -0.2) is 0 Å². The number of nitrogens with zero attached hydrogens (tertiary/aromatic N) is 1. The van der Waals surface area contributed by atoms with E-state index in [4.69, 9.17) is 9.47 Å². The molecule has 0 unspecified atom stereocenters. The Morgan fingerprint density at radius 3 is 2.27 bits per heavy atom. The molecule has 7 heteroatoms. The molecule has 3 rings (SSSR count). The Morgan fingerprint density at radius 1 is 0.967 bits per heavy atom. The Balaban J connectivity index is 1.50. The Kier molecular flexibility index (Phi) is 7.30. The first kappa shape index (κ1) is 21.6. The molecular formula is C23H30N3O4+. The zero-order valence-corrected chi connectivity index (χ0v) is 17.9. The van der Waals surface area contributed by atoms with E-state index in [9.17, 15) is 9.59 Å². The first-order valence-corrected chi connectivity index (χ1v) is 10.2. The number of hydrogen-bond acceptors (Lipinski definition) is 5. The number of methoxy groups -OCH3 is 2. The van der Waals surface area contributed by atoms with E-state index in [1.54, 1.807) is 30.2 Å². The van der Waals surface area contributed by atoms with Gasteiger partial charge in [0, 0.05) is 29.8 Å². The molecule has 1 aliphatic heterocycles. The van der Waals surface area contributed by atoms with Gasteiger partial charge in [0.05, 0.1) is 47.4 Å². The van der Waals surface area contributed by atoms with Gasteiger partial charge in [-0.05, 0) is 42.5 Å². The van der Waals surface area contributed by atoms with Crippen LogP contribution in [0.2, 0.25) is 0 Å². The molecule has 1 fully saturated rings.